The van der Waals surface area contributed by atoms with Crippen molar-refractivity contribution in [3.8, 4) is 0 Å². The first-order valence-corrected chi connectivity index (χ1v) is 9.35. The summed E-state index contributed by atoms with van der Waals surface area (Å²) in [5.41, 5.74) is 0.178. The van der Waals surface area contributed by atoms with Crippen LogP contribution in [0.4, 0.5) is 0 Å². The number of hydrogen-bond donors (Lipinski definition) is 0. The van der Waals surface area contributed by atoms with Crippen molar-refractivity contribution in [3.63, 3.8) is 0 Å². The number of hydrogen-bond acceptors (Lipinski definition) is 2. The molecule has 0 aromatic rings. The molecule has 0 heterocycles. The fourth-order valence-electron chi connectivity index (χ4n) is 5.46. The number of ether oxygens (including phenoxy) is 1. The molecule has 2 heteroatoms. The number of Topliss-reactive ketones (excluding diaryl/α,β-unsaturated/α-hetero) is 1. The van der Waals surface area contributed by atoms with Crippen LogP contribution >= 0.6 is 0 Å². The molecule has 0 atom stereocenters. The Morgan fingerprint density at radius 1 is 0.952 bits per heavy atom. The minimum absolute atomic E-state index is 0.178. The van der Waals surface area contributed by atoms with Gasteiger partial charge in [0.25, 0.3) is 0 Å². The fourth-order valence-corrected chi connectivity index (χ4v) is 5.46. The second-order valence-electron chi connectivity index (χ2n) is 8.05. The highest BCUT2D eigenvalue weighted by Crippen LogP contribution is 2.57. The Balaban J connectivity index is 1.36. The van der Waals surface area contributed by atoms with Gasteiger partial charge in [0, 0.05) is 12.8 Å². The van der Waals surface area contributed by atoms with Gasteiger partial charge >= 0.3 is 0 Å². The van der Waals surface area contributed by atoms with E-state index in [2.05, 4.69) is 6.92 Å². The van der Waals surface area contributed by atoms with Crippen molar-refractivity contribution < 1.29 is 9.53 Å². The third kappa shape index (κ3) is 3.88. The second kappa shape index (κ2) is 6.81. The summed E-state index contributed by atoms with van der Waals surface area (Å²) >= 11 is 0. The van der Waals surface area contributed by atoms with Gasteiger partial charge in [-0.15, -0.1) is 0 Å². The van der Waals surface area contributed by atoms with Gasteiger partial charge < -0.3 is 4.74 Å². The van der Waals surface area contributed by atoms with Gasteiger partial charge in [0.2, 0.25) is 0 Å². The van der Waals surface area contributed by atoms with E-state index >= 15 is 0 Å². The molecule has 4 aliphatic carbocycles. The van der Waals surface area contributed by atoms with Crippen LogP contribution in [0.3, 0.4) is 0 Å². The Labute approximate surface area is 130 Å². The van der Waals surface area contributed by atoms with Crippen LogP contribution in [0.15, 0.2) is 0 Å². The van der Waals surface area contributed by atoms with Crippen LogP contribution < -0.4 is 0 Å². The molecule has 0 radical (unpaired) electrons. The molecule has 0 unspecified atom stereocenters. The van der Waals surface area contributed by atoms with E-state index in [1.165, 1.54) is 57.8 Å². The Morgan fingerprint density at radius 2 is 1.57 bits per heavy atom. The molecule has 0 aliphatic heterocycles. The number of carbonyl (C=O) groups is 1. The molecule has 0 amide bonds. The molecule has 4 fully saturated rings. The lowest BCUT2D eigenvalue weighted by atomic mass is 9.54. The Morgan fingerprint density at radius 3 is 2.14 bits per heavy atom. The Bertz CT molecular complexity index is 325. The zero-order chi connectivity index (χ0) is 14.7. The van der Waals surface area contributed by atoms with Crippen LogP contribution in [0.5, 0.6) is 0 Å². The van der Waals surface area contributed by atoms with Crippen molar-refractivity contribution in [2.24, 2.45) is 17.8 Å². The zero-order valence-electron chi connectivity index (χ0n) is 13.7. The van der Waals surface area contributed by atoms with Gasteiger partial charge in [0.1, 0.15) is 5.78 Å². The minimum atomic E-state index is 0.178. The number of ketones is 1. The molecular weight excluding hydrogens is 260 g/mol. The standard InChI is InChI=1S/C19H32O2/c1-2-3-4-5-6-18(20)7-8-21-19-12-15-9-16(13-19)11-17(10-15)14-19/h15-17H,2-14H2,1H3. The highest BCUT2D eigenvalue weighted by molar-refractivity contribution is 5.78. The molecule has 0 aromatic heterocycles. The van der Waals surface area contributed by atoms with Crippen molar-refractivity contribution in [1.29, 1.82) is 0 Å². The largest absolute Gasteiger partial charge is 0.375 e. The van der Waals surface area contributed by atoms with E-state index in [1.807, 2.05) is 0 Å². The SMILES string of the molecule is CCCCCCC(=O)CCOC12CC3CC(CC(C3)C1)C2. The van der Waals surface area contributed by atoms with Crippen molar-refractivity contribution in [1.82, 2.24) is 0 Å². The van der Waals surface area contributed by atoms with E-state index in [1.54, 1.807) is 0 Å². The van der Waals surface area contributed by atoms with Gasteiger partial charge in [-0.1, -0.05) is 26.2 Å². The Kier molecular flexibility index (Phi) is 5.03. The highest BCUT2D eigenvalue weighted by Gasteiger charge is 2.51. The van der Waals surface area contributed by atoms with E-state index < -0.39 is 0 Å². The second-order valence-corrected chi connectivity index (χ2v) is 8.05. The van der Waals surface area contributed by atoms with Crippen molar-refractivity contribution >= 4 is 5.78 Å². The summed E-state index contributed by atoms with van der Waals surface area (Å²) in [6.45, 7) is 2.89. The maximum Gasteiger partial charge on any atom is 0.135 e. The van der Waals surface area contributed by atoms with Crippen LogP contribution in [0.1, 0.15) is 84.0 Å². The van der Waals surface area contributed by atoms with Crippen LogP contribution in [0, 0.1) is 17.8 Å². The van der Waals surface area contributed by atoms with Gasteiger partial charge in [-0.3, -0.25) is 4.79 Å². The lowest BCUT2D eigenvalue weighted by Crippen LogP contribution is -2.52. The third-order valence-corrected chi connectivity index (χ3v) is 6.08. The average molecular weight is 292 g/mol. The Hall–Kier alpha value is -0.370. The topological polar surface area (TPSA) is 26.3 Å². The third-order valence-electron chi connectivity index (χ3n) is 6.08. The average Bonchev–Trinajstić information content (AvgIpc) is 2.42. The molecule has 0 spiro atoms. The molecule has 0 N–H and O–H groups in total. The van der Waals surface area contributed by atoms with Gasteiger partial charge in [0.15, 0.2) is 0 Å². The van der Waals surface area contributed by atoms with Crippen LogP contribution in [-0.2, 0) is 9.53 Å². The fraction of sp³-hybridized carbons (Fsp3) is 0.947. The first-order valence-electron chi connectivity index (χ1n) is 9.35. The summed E-state index contributed by atoms with van der Waals surface area (Å²) in [5, 5.41) is 0. The molecule has 4 bridgehead atoms. The van der Waals surface area contributed by atoms with Gasteiger partial charge in [0.05, 0.1) is 12.2 Å². The molecule has 4 aliphatic rings. The first-order chi connectivity index (χ1) is 10.2. The highest BCUT2D eigenvalue weighted by atomic mass is 16.5. The lowest BCUT2D eigenvalue weighted by Gasteiger charge is -2.56. The molecule has 4 saturated carbocycles. The molecule has 21 heavy (non-hydrogen) atoms. The van der Waals surface area contributed by atoms with Crippen molar-refractivity contribution in [2.75, 3.05) is 6.61 Å². The van der Waals surface area contributed by atoms with E-state index in [9.17, 15) is 4.79 Å². The first kappa shape index (κ1) is 15.5. The smallest absolute Gasteiger partial charge is 0.135 e. The predicted octanol–water partition coefficient (Wildman–Crippen LogP) is 4.90. The van der Waals surface area contributed by atoms with E-state index in [0.717, 1.165) is 30.6 Å². The summed E-state index contributed by atoms with van der Waals surface area (Å²) in [4.78, 5) is 11.9. The molecule has 4 rings (SSSR count). The quantitative estimate of drug-likeness (QED) is 0.565. The predicted molar refractivity (Wildman–Crippen MR) is 85.2 cm³/mol. The zero-order valence-corrected chi connectivity index (χ0v) is 13.7. The molecule has 0 aromatic carbocycles. The molecule has 0 saturated heterocycles. The number of rotatable bonds is 9. The maximum atomic E-state index is 11.9. The van der Waals surface area contributed by atoms with Crippen LogP contribution in [-0.4, -0.2) is 18.0 Å². The van der Waals surface area contributed by atoms with E-state index in [-0.39, 0.29) is 5.60 Å². The van der Waals surface area contributed by atoms with Crippen molar-refractivity contribution in [3.05, 3.63) is 0 Å². The maximum absolute atomic E-state index is 11.9. The van der Waals surface area contributed by atoms with Gasteiger partial charge in [-0.05, 0) is 62.7 Å². The molecule has 120 valence electrons. The summed E-state index contributed by atoms with van der Waals surface area (Å²) in [6.07, 6.45) is 14.4. The number of unbranched alkanes of at least 4 members (excludes halogenated alkanes) is 3. The summed E-state index contributed by atoms with van der Waals surface area (Å²) in [5.74, 6) is 3.21. The van der Waals surface area contributed by atoms with Gasteiger partial charge in [-0.2, -0.15) is 0 Å². The monoisotopic (exact) mass is 292 g/mol. The lowest BCUT2D eigenvalue weighted by molar-refractivity contribution is -0.164. The van der Waals surface area contributed by atoms with Gasteiger partial charge in [-0.25, -0.2) is 0 Å². The molecular formula is C19H32O2. The summed E-state index contributed by atoms with van der Waals surface area (Å²) in [6, 6.07) is 0. The normalized spacial score (nSPS) is 37.1. The van der Waals surface area contributed by atoms with E-state index in [4.69, 9.17) is 4.74 Å². The summed E-state index contributed by atoms with van der Waals surface area (Å²) in [7, 11) is 0. The van der Waals surface area contributed by atoms with E-state index in [0.29, 0.717) is 18.8 Å². The summed E-state index contributed by atoms with van der Waals surface area (Å²) < 4.78 is 6.32. The van der Waals surface area contributed by atoms with Crippen LogP contribution in [0.2, 0.25) is 0 Å². The van der Waals surface area contributed by atoms with Crippen molar-refractivity contribution in [2.45, 2.75) is 89.6 Å². The molecule has 2 nitrogen and oxygen atoms in total. The number of carbonyl (C=O) groups excluding carboxylic acids is 1. The minimum Gasteiger partial charge on any atom is -0.375 e. The van der Waals surface area contributed by atoms with Crippen LogP contribution in [0.25, 0.3) is 0 Å².